The number of ether oxygens (including phenoxy) is 1. The second-order valence-corrected chi connectivity index (χ2v) is 7.83. The zero-order valence-corrected chi connectivity index (χ0v) is 17.8. The Kier molecular flexibility index (Phi) is 5.41. The molecule has 0 bridgehead atoms. The number of aromatic nitrogens is 4. The molecule has 1 aliphatic heterocycles. The van der Waals surface area contributed by atoms with Crippen LogP contribution in [0.2, 0.25) is 0 Å². The maximum atomic E-state index is 12.7. The summed E-state index contributed by atoms with van der Waals surface area (Å²) in [7, 11) is 1.65. The number of nitrogens with one attached hydrogen (secondary N) is 2. The molecule has 8 nitrogen and oxygen atoms in total. The minimum atomic E-state index is -0.0553. The highest BCUT2D eigenvalue weighted by Gasteiger charge is 2.26. The van der Waals surface area contributed by atoms with Gasteiger partial charge in [-0.15, -0.1) is 10.2 Å². The first-order valence-corrected chi connectivity index (χ1v) is 10.7. The fourth-order valence-corrected chi connectivity index (χ4v) is 4.10. The number of para-hydroxylation sites is 3. The average molecular weight is 428 g/mol. The van der Waals surface area contributed by atoms with Crippen molar-refractivity contribution in [2.75, 3.05) is 30.4 Å². The summed E-state index contributed by atoms with van der Waals surface area (Å²) < 4.78 is 5.42. The van der Waals surface area contributed by atoms with E-state index in [1.165, 1.54) is 0 Å². The molecule has 162 valence electrons. The monoisotopic (exact) mass is 428 g/mol. The summed E-state index contributed by atoms with van der Waals surface area (Å²) in [5.41, 5.74) is 3.43. The largest absolute Gasteiger partial charge is 0.496 e. The number of H-pyrrole nitrogens is 1. The number of carbonyl (C=O) groups excluding carboxylic acids is 1. The number of rotatable bonds is 5. The molecule has 0 atom stereocenters. The lowest BCUT2D eigenvalue weighted by molar-refractivity contribution is -0.120. The molecule has 4 aromatic rings. The van der Waals surface area contributed by atoms with E-state index >= 15 is 0 Å². The molecule has 1 saturated heterocycles. The molecule has 2 aromatic heterocycles. The number of carbonyl (C=O) groups is 1. The van der Waals surface area contributed by atoms with E-state index in [1.807, 2.05) is 60.7 Å². The number of hydrogen-bond donors (Lipinski definition) is 2. The van der Waals surface area contributed by atoms with Gasteiger partial charge in [0.25, 0.3) is 0 Å². The third-order valence-corrected chi connectivity index (χ3v) is 5.85. The van der Waals surface area contributed by atoms with Gasteiger partial charge in [0.2, 0.25) is 11.9 Å². The van der Waals surface area contributed by atoms with Crippen molar-refractivity contribution >= 4 is 28.7 Å². The Hall–Kier alpha value is -3.94. The van der Waals surface area contributed by atoms with Gasteiger partial charge in [-0.3, -0.25) is 10.1 Å². The van der Waals surface area contributed by atoms with Gasteiger partial charge in [0, 0.05) is 24.6 Å². The molecular weight excluding hydrogens is 404 g/mol. The number of benzene rings is 2. The molecular formula is C24H24N6O2. The number of amides is 1. The Labute approximate surface area is 185 Å². The van der Waals surface area contributed by atoms with Crippen molar-refractivity contribution in [3.05, 3.63) is 60.7 Å². The molecule has 1 amide bonds. The van der Waals surface area contributed by atoms with Gasteiger partial charge >= 0.3 is 0 Å². The molecule has 1 fully saturated rings. The van der Waals surface area contributed by atoms with Crippen molar-refractivity contribution < 1.29 is 9.53 Å². The lowest BCUT2D eigenvalue weighted by atomic mass is 9.96. The highest BCUT2D eigenvalue weighted by atomic mass is 16.5. The van der Waals surface area contributed by atoms with Crippen molar-refractivity contribution in [2.24, 2.45) is 5.92 Å². The molecule has 0 unspecified atom stereocenters. The van der Waals surface area contributed by atoms with Crippen LogP contribution in [0, 0.1) is 5.92 Å². The predicted octanol–water partition coefficient (Wildman–Crippen LogP) is 3.88. The SMILES string of the molecule is COc1ccccc1-c1ccc(N2CCC(C(=O)Nc3nc4ccccc4[nH]3)CC2)nn1. The maximum absolute atomic E-state index is 12.7. The predicted molar refractivity (Wildman–Crippen MR) is 124 cm³/mol. The molecule has 2 N–H and O–H groups in total. The fraction of sp³-hybridized carbons (Fsp3) is 0.250. The van der Waals surface area contributed by atoms with Gasteiger partial charge in [0.15, 0.2) is 5.82 Å². The van der Waals surface area contributed by atoms with Crippen LogP contribution >= 0.6 is 0 Å². The zero-order valence-electron chi connectivity index (χ0n) is 17.8. The number of hydrogen-bond acceptors (Lipinski definition) is 6. The highest BCUT2D eigenvalue weighted by Crippen LogP contribution is 2.29. The molecule has 0 radical (unpaired) electrons. The first kappa shape index (κ1) is 20.0. The van der Waals surface area contributed by atoms with Crippen LogP contribution in [0.5, 0.6) is 5.75 Å². The van der Waals surface area contributed by atoms with E-state index in [0.29, 0.717) is 5.95 Å². The number of fused-ring (bicyclic) bond motifs is 1. The van der Waals surface area contributed by atoms with E-state index in [2.05, 4.69) is 30.4 Å². The summed E-state index contributed by atoms with van der Waals surface area (Å²) in [5, 5.41) is 11.7. The number of anilines is 2. The third kappa shape index (κ3) is 3.99. The Balaban J connectivity index is 1.20. The summed E-state index contributed by atoms with van der Waals surface area (Å²) in [5.74, 6) is 2.03. The number of aromatic amines is 1. The van der Waals surface area contributed by atoms with Gasteiger partial charge in [0.1, 0.15) is 5.75 Å². The van der Waals surface area contributed by atoms with Crippen molar-refractivity contribution in [1.29, 1.82) is 0 Å². The normalized spacial score (nSPS) is 14.5. The number of piperidine rings is 1. The van der Waals surface area contributed by atoms with Crippen LogP contribution in [0.15, 0.2) is 60.7 Å². The van der Waals surface area contributed by atoms with Crippen molar-refractivity contribution in [3.63, 3.8) is 0 Å². The van der Waals surface area contributed by atoms with E-state index in [0.717, 1.165) is 59.8 Å². The summed E-state index contributed by atoms with van der Waals surface area (Å²) >= 11 is 0. The standard InChI is InChI=1S/C24H24N6O2/c1-32-21-9-5-2-6-17(21)18-10-11-22(29-28-18)30-14-12-16(13-15-30)23(31)27-24-25-19-7-3-4-8-20(19)26-24/h2-11,16H,12-15H2,1H3,(H2,25,26,27,31). The maximum Gasteiger partial charge on any atom is 0.229 e. The summed E-state index contributed by atoms with van der Waals surface area (Å²) in [6.45, 7) is 1.50. The van der Waals surface area contributed by atoms with Gasteiger partial charge < -0.3 is 14.6 Å². The van der Waals surface area contributed by atoms with Gasteiger partial charge in [-0.05, 0) is 49.2 Å². The van der Waals surface area contributed by atoms with Crippen LogP contribution in [-0.2, 0) is 4.79 Å². The van der Waals surface area contributed by atoms with E-state index < -0.39 is 0 Å². The van der Waals surface area contributed by atoms with Gasteiger partial charge in [-0.1, -0.05) is 24.3 Å². The van der Waals surface area contributed by atoms with Crippen LogP contribution in [0.25, 0.3) is 22.3 Å². The summed E-state index contributed by atoms with van der Waals surface area (Å²) in [4.78, 5) is 22.5. The van der Waals surface area contributed by atoms with Crippen LogP contribution in [0.4, 0.5) is 11.8 Å². The molecule has 32 heavy (non-hydrogen) atoms. The Bertz CT molecular complexity index is 1200. The first-order chi connectivity index (χ1) is 15.7. The smallest absolute Gasteiger partial charge is 0.229 e. The number of methoxy groups -OCH3 is 1. The minimum absolute atomic E-state index is 0.00121. The summed E-state index contributed by atoms with van der Waals surface area (Å²) in [6, 6.07) is 19.4. The fourth-order valence-electron chi connectivity index (χ4n) is 4.10. The van der Waals surface area contributed by atoms with Crippen LogP contribution in [0.3, 0.4) is 0 Å². The molecule has 0 saturated carbocycles. The lowest BCUT2D eigenvalue weighted by Crippen LogP contribution is -2.38. The van der Waals surface area contributed by atoms with Crippen LogP contribution in [0.1, 0.15) is 12.8 Å². The van der Waals surface area contributed by atoms with Gasteiger partial charge in [0.05, 0.1) is 23.8 Å². The van der Waals surface area contributed by atoms with Crippen LogP contribution in [-0.4, -0.2) is 46.3 Å². The molecule has 2 aromatic carbocycles. The Morgan fingerprint density at radius 3 is 2.56 bits per heavy atom. The van der Waals surface area contributed by atoms with E-state index in [4.69, 9.17) is 4.74 Å². The number of imidazole rings is 1. The third-order valence-electron chi connectivity index (χ3n) is 5.85. The molecule has 5 rings (SSSR count). The Morgan fingerprint density at radius 1 is 1.03 bits per heavy atom. The van der Waals surface area contributed by atoms with Crippen molar-refractivity contribution in [3.8, 4) is 17.0 Å². The molecule has 0 aliphatic carbocycles. The highest BCUT2D eigenvalue weighted by molar-refractivity contribution is 5.92. The van der Waals surface area contributed by atoms with Gasteiger partial charge in [-0.25, -0.2) is 4.98 Å². The first-order valence-electron chi connectivity index (χ1n) is 10.7. The van der Waals surface area contributed by atoms with E-state index in [9.17, 15) is 4.79 Å². The second-order valence-electron chi connectivity index (χ2n) is 7.83. The summed E-state index contributed by atoms with van der Waals surface area (Å²) in [6.07, 6.45) is 1.50. The Morgan fingerprint density at radius 2 is 1.81 bits per heavy atom. The zero-order chi connectivity index (χ0) is 21.9. The van der Waals surface area contributed by atoms with Crippen LogP contribution < -0.4 is 15.0 Å². The second kappa shape index (κ2) is 8.66. The minimum Gasteiger partial charge on any atom is -0.496 e. The van der Waals surface area contributed by atoms with E-state index in [1.54, 1.807) is 7.11 Å². The van der Waals surface area contributed by atoms with Gasteiger partial charge in [-0.2, -0.15) is 0 Å². The lowest BCUT2D eigenvalue weighted by Gasteiger charge is -2.31. The molecule has 0 spiro atoms. The molecule has 1 aliphatic rings. The van der Waals surface area contributed by atoms with Crippen molar-refractivity contribution in [1.82, 2.24) is 20.2 Å². The average Bonchev–Trinajstić information content (AvgIpc) is 3.26. The van der Waals surface area contributed by atoms with Crippen molar-refractivity contribution in [2.45, 2.75) is 12.8 Å². The quantitative estimate of drug-likeness (QED) is 0.501. The topological polar surface area (TPSA) is 96.0 Å². The molecule has 8 heteroatoms. The molecule has 3 heterocycles. The van der Waals surface area contributed by atoms with E-state index in [-0.39, 0.29) is 11.8 Å². The number of nitrogens with zero attached hydrogens (tertiary/aromatic N) is 4.